The van der Waals surface area contributed by atoms with Crippen LogP contribution in [0.1, 0.15) is 26.3 Å². The molecule has 0 bridgehead atoms. The molecule has 4 heteroatoms. The van der Waals surface area contributed by atoms with Crippen molar-refractivity contribution in [1.29, 1.82) is 0 Å². The summed E-state index contributed by atoms with van der Waals surface area (Å²) in [7, 11) is 2.19. The van der Waals surface area contributed by atoms with Gasteiger partial charge in [-0.15, -0.1) is 0 Å². The first-order chi connectivity index (χ1) is 22.8. The summed E-state index contributed by atoms with van der Waals surface area (Å²) < 4.78 is 4.63. The van der Waals surface area contributed by atoms with E-state index in [0.717, 1.165) is 33.5 Å². The van der Waals surface area contributed by atoms with Crippen molar-refractivity contribution in [1.82, 2.24) is 19.1 Å². The monoisotopic (exact) mass is 606 g/mol. The summed E-state index contributed by atoms with van der Waals surface area (Å²) in [5.41, 5.74) is 9.96. The summed E-state index contributed by atoms with van der Waals surface area (Å²) in [6.45, 7) is 6.84. The molecule has 6 aromatic carbocycles. The molecule has 0 N–H and O–H groups in total. The highest BCUT2D eigenvalue weighted by atomic mass is 15.2. The molecule has 0 aliphatic rings. The van der Waals surface area contributed by atoms with E-state index in [4.69, 9.17) is 9.97 Å². The Kier molecular flexibility index (Phi) is 5.94. The zero-order valence-electron chi connectivity index (χ0n) is 27.0. The van der Waals surface area contributed by atoms with Gasteiger partial charge in [0.25, 0.3) is 0 Å². The van der Waals surface area contributed by atoms with Gasteiger partial charge in [0.2, 0.25) is 5.95 Å². The fourth-order valence-electron chi connectivity index (χ4n) is 7.22. The Morgan fingerprint density at radius 1 is 0.489 bits per heavy atom. The lowest BCUT2D eigenvalue weighted by molar-refractivity contribution is 0.591. The molecule has 0 aliphatic carbocycles. The molecule has 0 saturated carbocycles. The summed E-state index contributed by atoms with van der Waals surface area (Å²) >= 11 is 0. The number of hydrogen-bond acceptors (Lipinski definition) is 2. The van der Waals surface area contributed by atoms with Gasteiger partial charge < -0.3 is 4.57 Å². The molecule has 0 saturated heterocycles. The van der Waals surface area contributed by atoms with Crippen molar-refractivity contribution in [2.45, 2.75) is 26.2 Å². The van der Waals surface area contributed by atoms with Crippen LogP contribution >= 0.6 is 0 Å². The molecule has 4 nitrogen and oxygen atoms in total. The molecule has 47 heavy (non-hydrogen) atoms. The minimum absolute atomic E-state index is 0.0620. The van der Waals surface area contributed by atoms with Gasteiger partial charge in [-0.3, -0.25) is 4.57 Å². The Labute approximate surface area is 273 Å². The summed E-state index contributed by atoms with van der Waals surface area (Å²) in [5.74, 6) is 0.662. The summed E-state index contributed by atoms with van der Waals surface area (Å²) in [6, 6.07) is 47.7. The van der Waals surface area contributed by atoms with Crippen LogP contribution in [0.2, 0.25) is 0 Å². The Balaban J connectivity index is 1.44. The third-order valence-corrected chi connectivity index (χ3v) is 9.69. The van der Waals surface area contributed by atoms with Gasteiger partial charge in [-0.25, -0.2) is 9.97 Å². The van der Waals surface area contributed by atoms with Crippen LogP contribution in [-0.2, 0) is 12.5 Å². The van der Waals surface area contributed by atoms with Crippen LogP contribution in [0.5, 0.6) is 0 Å². The van der Waals surface area contributed by atoms with Crippen molar-refractivity contribution in [2.75, 3.05) is 0 Å². The number of aryl methyl sites for hydroxylation is 1. The minimum Gasteiger partial charge on any atom is -0.344 e. The van der Waals surface area contributed by atoms with E-state index in [0.29, 0.717) is 5.95 Å². The zero-order valence-corrected chi connectivity index (χ0v) is 27.0. The third kappa shape index (κ3) is 4.29. The second-order valence-corrected chi connectivity index (χ2v) is 13.6. The maximum Gasteiger partial charge on any atom is 0.235 e. The predicted octanol–water partition coefficient (Wildman–Crippen LogP) is 11.0. The highest BCUT2D eigenvalue weighted by Crippen LogP contribution is 2.43. The first-order valence-corrected chi connectivity index (χ1v) is 16.2. The van der Waals surface area contributed by atoms with E-state index in [2.05, 4.69) is 158 Å². The number of aromatic nitrogens is 4. The van der Waals surface area contributed by atoms with Crippen LogP contribution in [-0.4, -0.2) is 19.1 Å². The van der Waals surface area contributed by atoms with E-state index < -0.39 is 0 Å². The largest absolute Gasteiger partial charge is 0.344 e. The molecular weight excluding hydrogens is 573 g/mol. The lowest BCUT2D eigenvalue weighted by atomic mass is 9.86. The van der Waals surface area contributed by atoms with Gasteiger partial charge >= 0.3 is 0 Å². The van der Waals surface area contributed by atoms with Gasteiger partial charge in [0.05, 0.1) is 22.4 Å². The van der Waals surface area contributed by atoms with Crippen LogP contribution in [0.15, 0.2) is 133 Å². The van der Waals surface area contributed by atoms with Gasteiger partial charge in [0.1, 0.15) is 0 Å². The fraction of sp³-hybridized carbons (Fsp3) is 0.116. The Hall–Kier alpha value is -5.74. The second-order valence-electron chi connectivity index (χ2n) is 13.6. The Morgan fingerprint density at radius 3 is 1.70 bits per heavy atom. The van der Waals surface area contributed by atoms with Gasteiger partial charge in [0.15, 0.2) is 0 Å². The molecular formula is C43H34N4. The van der Waals surface area contributed by atoms with Gasteiger partial charge in [0, 0.05) is 50.8 Å². The van der Waals surface area contributed by atoms with E-state index >= 15 is 0 Å². The second kappa shape index (κ2) is 10.1. The maximum absolute atomic E-state index is 5.28. The molecule has 0 aliphatic heterocycles. The molecule has 226 valence electrons. The zero-order chi connectivity index (χ0) is 31.9. The van der Waals surface area contributed by atoms with E-state index in [1.165, 1.54) is 48.9 Å². The molecule has 0 atom stereocenters. The van der Waals surface area contributed by atoms with Crippen LogP contribution < -0.4 is 0 Å². The standard InChI is InChI=1S/C43H34N4/c1-43(2,3)31-19-20-32-38(25-31)46(4)36-21-22-37-41(40(32)36)33-23-29-17-11-12-18-30(29)24-39(33)47(37)42-44-34(27-13-7-5-8-14-27)26-35(45-42)28-15-9-6-10-16-28/h5-26H,1-4H3. The first kappa shape index (κ1) is 27.6. The van der Waals surface area contributed by atoms with E-state index in [9.17, 15) is 0 Å². The number of nitrogens with zero attached hydrogens (tertiary/aromatic N) is 4. The van der Waals surface area contributed by atoms with Gasteiger partial charge in [-0.1, -0.05) is 118 Å². The summed E-state index contributed by atoms with van der Waals surface area (Å²) in [5, 5.41) is 7.36. The lowest BCUT2D eigenvalue weighted by Gasteiger charge is -2.19. The molecule has 9 aromatic rings. The van der Waals surface area contributed by atoms with Crippen molar-refractivity contribution in [3.05, 3.63) is 139 Å². The predicted molar refractivity (Wildman–Crippen MR) is 197 cm³/mol. The number of fused-ring (bicyclic) bond motifs is 8. The highest BCUT2D eigenvalue weighted by Gasteiger charge is 2.23. The molecule has 0 unspecified atom stereocenters. The third-order valence-electron chi connectivity index (χ3n) is 9.69. The van der Waals surface area contributed by atoms with Crippen LogP contribution in [0, 0.1) is 0 Å². The first-order valence-electron chi connectivity index (χ1n) is 16.2. The Morgan fingerprint density at radius 2 is 1.06 bits per heavy atom. The minimum atomic E-state index is 0.0620. The molecule has 0 spiro atoms. The molecule has 3 heterocycles. The highest BCUT2D eigenvalue weighted by molar-refractivity contribution is 6.29. The van der Waals surface area contributed by atoms with E-state index in [-0.39, 0.29) is 5.41 Å². The van der Waals surface area contributed by atoms with Gasteiger partial charge in [-0.2, -0.15) is 0 Å². The van der Waals surface area contributed by atoms with Crippen LogP contribution in [0.25, 0.3) is 82.8 Å². The number of benzene rings is 6. The number of hydrogen-bond donors (Lipinski definition) is 0. The van der Waals surface area contributed by atoms with Crippen molar-refractivity contribution in [2.24, 2.45) is 7.05 Å². The molecule has 3 aromatic heterocycles. The molecule has 0 radical (unpaired) electrons. The quantitative estimate of drug-likeness (QED) is 0.201. The molecule has 9 rings (SSSR count). The Bertz CT molecular complexity index is 2600. The van der Waals surface area contributed by atoms with E-state index in [1.807, 2.05) is 12.1 Å². The fourth-order valence-corrected chi connectivity index (χ4v) is 7.22. The SMILES string of the molecule is Cn1c2cc(C(C)(C)C)ccc2c2c3c4cc5ccccc5cc4n(-c4nc(-c5ccccc5)cc(-c5ccccc5)n4)c3ccc21. The summed E-state index contributed by atoms with van der Waals surface area (Å²) in [4.78, 5) is 10.6. The van der Waals surface area contributed by atoms with E-state index in [1.54, 1.807) is 0 Å². The smallest absolute Gasteiger partial charge is 0.235 e. The van der Waals surface area contributed by atoms with Crippen LogP contribution in [0.4, 0.5) is 0 Å². The number of rotatable bonds is 3. The summed E-state index contributed by atoms with van der Waals surface area (Å²) in [6.07, 6.45) is 0. The van der Waals surface area contributed by atoms with Crippen LogP contribution in [0.3, 0.4) is 0 Å². The van der Waals surface area contributed by atoms with Crippen molar-refractivity contribution < 1.29 is 0 Å². The normalized spacial score (nSPS) is 12.3. The average molecular weight is 607 g/mol. The van der Waals surface area contributed by atoms with Gasteiger partial charge in [-0.05, 0) is 58.1 Å². The maximum atomic E-state index is 5.28. The van der Waals surface area contributed by atoms with Crippen molar-refractivity contribution in [3.63, 3.8) is 0 Å². The topological polar surface area (TPSA) is 35.6 Å². The molecule has 0 amide bonds. The average Bonchev–Trinajstić information content (AvgIpc) is 3.58. The van der Waals surface area contributed by atoms with Crippen molar-refractivity contribution >= 4 is 54.4 Å². The molecule has 0 fully saturated rings. The lowest BCUT2D eigenvalue weighted by Crippen LogP contribution is -2.10. The van der Waals surface area contributed by atoms with Crippen molar-refractivity contribution in [3.8, 4) is 28.5 Å².